The number of fused-ring (bicyclic) bond motifs is 1. The van der Waals surface area contributed by atoms with Gasteiger partial charge in [-0.15, -0.1) is 0 Å². The Kier molecular flexibility index (Phi) is 14.0. The van der Waals surface area contributed by atoms with Crippen molar-refractivity contribution in [2.75, 3.05) is 37.9 Å². The Balaban J connectivity index is 1.08. The Morgan fingerprint density at radius 2 is 1.78 bits per heavy atom. The molecular weight excluding hydrogens is 615 g/mol. The van der Waals surface area contributed by atoms with Gasteiger partial charge in [-0.3, -0.25) is 18.1 Å². The molecule has 4 heterocycles. The third-order valence-corrected chi connectivity index (χ3v) is 9.60. The van der Waals surface area contributed by atoms with Gasteiger partial charge < -0.3 is 31.2 Å². The van der Waals surface area contributed by atoms with E-state index in [0.717, 1.165) is 32.1 Å². The molecule has 0 radical (unpaired) electrons. The highest BCUT2D eigenvalue weighted by atomic mass is 31.2. The number of unbranched alkanes of at least 4 members (excludes halogenated alkanes) is 8. The lowest BCUT2D eigenvalue weighted by Crippen LogP contribution is -2.44. The van der Waals surface area contributed by atoms with E-state index in [9.17, 15) is 14.8 Å². The van der Waals surface area contributed by atoms with Gasteiger partial charge in [0.2, 0.25) is 5.95 Å². The van der Waals surface area contributed by atoms with Gasteiger partial charge in [0.05, 0.1) is 26.1 Å². The standard InChI is InChI=1S/C31H51N6O8P/c1-3-4-5-6-7-8-9-10-11-12-13-14-15-16-17-18-41-19-23-20-42-46(40,45-23)43-21-24-26(38)31(2,39)29(44-24)37-22-34-25-27(32)35-30(33)36-28(25)37/h7-8,10-11,22-24,26,29,38-39H,3-6,9,12-21H2,1-2H3,(H4,32,33,35,36)/b8-7-,11-10-/t23-,24+,26-,29+,31-,46?/m0/s1. The van der Waals surface area contributed by atoms with Crippen LogP contribution in [0.2, 0.25) is 0 Å². The Hall–Kier alpha value is -2.42. The first kappa shape index (κ1) is 36.4. The second kappa shape index (κ2) is 17.7. The van der Waals surface area contributed by atoms with Crippen LogP contribution >= 0.6 is 7.82 Å². The highest BCUT2D eigenvalue weighted by Gasteiger charge is 2.54. The number of nitrogen functional groups attached to an aromatic ring is 2. The predicted molar refractivity (Wildman–Crippen MR) is 175 cm³/mol. The summed E-state index contributed by atoms with van der Waals surface area (Å²) in [5.41, 5.74) is 10.3. The number of nitrogens with two attached hydrogens (primary N) is 2. The van der Waals surface area contributed by atoms with Gasteiger partial charge in [-0.1, -0.05) is 63.3 Å². The Morgan fingerprint density at radius 1 is 1.07 bits per heavy atom. The van der Waals surface area contributed by atoms with E-state index >= 15 is 0 Å². The van der Waals surface area contributed by atoms with Crippen LogP contribution < -0.4 is 11.5 Å². The van der Waals surface area contributed by atoms with E-state index in [0.29, 0.717) is 6.61 Å². The molecule has 2 fully saturated rings. The largest absolute Gasteiger partial charge is 0.475 e. The highest BCUT2D eigenvalue weighted by molar-refractivity contribution is 7.48. The van der Waals surface area contributed by atoms with Gasteiger partial charge in [-0.05, 0) is 45.4 Å². The minimum Gasteiger partial charge on any atom is -0.387 e. The van der Waals surface area contributed by atoms with Crippen molar-refractivity contribution in [3.63, 3.8) is 0 Å². The van der Waals surface area contributed by atoms with Gasteiger partial charge in [0, 0.05) is 6.61 Å². The third kappa shape index (κ3) is 10.0. The quantitative estimate of drug-likeness (QED) is 0.0839. The Morgan fingerprint density at radius 3 is 2.54 bits per heavy atom. The van der Waals surface area contributed by atoms with Crippen molar-refractivity contribution in [3.05, 3.63) is 30.6 Å². The molecule has 6 atom stereocenters. The molecule has 0 bridgehead atoms. The maximum atomic E-state index is 13.0. The minimum atomic E-state index is -3.91. The van der Waals surface area contributed by atoms with Crippen LogP contribution in [0.15, 0.2) is 30.6 Å². The molecule has 2 aromatic rings. The number of hydrogen-bond donors (Lipinski definition) is 4. The smallest absolute Gasteiger partial charge is 0.387 e. The number of aromatic nitrogens is 4. The molecule has 0 aliphatic carbocycles. The minimum absolute atomic E-state index is 0.0530. The Bertz CT molecular complexity index is 1340. The summed E-state index contributed by atoms with van der Waals surface area (Å²) >= 11 is 0. The van der Waals surface area contributed by atoms with Crippen LogP contribution in [-0.4, -0.2) is 80.1 Å². The van der Waals surface area contributed by atoms with Crippen molar-refractivity contribution in [1.82, 2.24) is 19.5 Å². The van der Waals surface area contributed by atoms with Gasteiger partial charge in [-0.2, -0.15) is 9.97 Å². The number of aliphatic hydroxyl groups is 2. The molecule has 2 aliphatic rings. The molecule has 46 heavy (non-hydrogen) atoms. The van der Waals surface area contributed by atoms with E-state index in [1.807, 2.05) is 0 Å². The number of anilines is 2. The van der Waals surface area contributed by atoms with Crippen LogP contribution in [0, 0.1) is 0 Å². The fourth-order valence-electron chi connectivity index (χ4n) is 5.46. The highest BCUT2D eigenvalue weighted by Crippen LogP contribution is 2.55. The van der Waals surface area contributed by atoms with Crippen molar-refractivity contribution >= 4 is 30.8 Å². The zero-order valence-electron chi connectivity index (χ0n) is 27.0. The first-order valence-corrected chi connectivity index (χ1v) is 17.9. The number of rotatable bonds is 20. The van der Waals surface area contributed by atoms with Crippen molar-refractivity contribution in [3.8, 4) is 0 Å². The van der Waals surface area contributed by atoms with E-state index in [1.165, 1.54) is 56.3 Å². The molecule has 2 aromatic heterocycles. The SMILES string of the molecule is CCCCC/C=C\C/C=C\CCCCCCCOC[C@H]1COP(=O)(OC[C@H]2O[C@@H](n3cnc4c(N)nc(N)nc43)[C@@](C)(O)[C@H]2O)O1. The second-order valence-corrected chi connectivity index (χ2v) is 13.7. The first-order valence-electron chi connectivity index (χ1n) is 16.4. The monoisotopic (exact) mass is 666 g/mol. The van der Waals surface area contributed by atoms with Crippen molar-refractivity contribution in [2.45, 2.75) is 115 Å². The van der Waals surface area contributed by atoms with Crippen molar-refractivity contribution < 1.29 is 37.8 Å². The molecule has 0 saturated carbocycles. The van der Waals surface area contributed by atoms with Crippen LogP contribution in [0.1, 0.15) is 90.7 Å². The fourth-order valence-corrected chi connectivity index (χ4v) is 6.83. The van der Waals surface area contributed by atoms with Gasteiger partial charge >= 0.3 is 7.82 Å². The number of hydrogen-bond acceptors (Lipinski definition) is 13. The average Bonchev–Trinajstić information content (AvgIpc) is 3.67. The normalized spacial score (nSPS) is 28.4. The summed E-state index contributed by atoms with van der Waals surface area (Å²) in [6.07, 6.45) is 19.1. The molecule has 1 unspecified atom stereocenters. The predicted octanol–water partition coefficient (Wildman–Crippen LogP) is 4.98. The molecule has 2 aliphatic heterocycles. The number of ether oxygens (including phenoxy) is 2. The molecule has 0 aromatic carbocycles. The summed E-state index contributed by atoms with van der Waals surface area (Å²) < 4.78 is 42.3. The van der Waals surface area contributed by atoms with E-state index in [1.54, 1.807) is 0 Å². The zero-order valence-corrected chi connectivity index (χ0v) is 27.9. The molecule has 15 heteroatoms. The van der Waals surface area contributed by atoms with Crippen LogP contribution in [0.3, 0.4) is 0 Å². The fraction of sp³-hybridized carbons (Fsp3) is 0.710. The summed E-state index contributed by atoms with van der Waals surface area (Å²) in [4.78, 5) is 12.2. The summed E-state index contributed by atoms with van der Waals surface area (Å²) in [5.74, 6) is -0.0134. The molecule has 6 N–H and O–H groups in total. The molecule has 14 nitrogen and oxygen atoms in total. The molecule has 0 amide bonds. The van der Waals surface area contributed by atoms with E-state index in [2.05, 4.69) is 46.2 Å². The summed E-state index contributed by atoms with van der Waals surface area (Å²) in [6, 6.07) is 0. The number of imidazole rings is 1. The average molecular weight is 667 g/mol. The number of phosphoric ester groups is 1. The number of aliphatic hydroxyl groups excluding tert-OH is 1. The van der Waals surface area contributed by atoms with E-state index in [4.69, 9.17) is 34.5 Å². The van der Waals surface area contributed by atoms with Crippen molar-refractivity contribution in [2.24, 2.45) is 0 Å². The molecule has 2 saturated heterocycles. The second-order valence-electron chi connectivity index (χ2n) is 12.1. The molecule has 0 spiro atoms. The topological polar surface area (TPSA) is 199 Å². The summed E-state index contributed by atoms with van der Waals surface area (Å²) in [7, 11) is -3.91. The van der Waals surface area contributed by atoms with Crippen molar-refractivity contribution in [1.29, 1.82) is 0 Å². The lowest BCUT2D eigenvalue weighted by Gasteiger charge is -2.27. The summed E-state index contributed by atoms with van der Waals surface area (Å²) in [6.45, 7) is 4.12. The first-order chi connectivity index (χ1) is 22.1. The third-order valence-electron chi connectivity index (χ3n) is 8.11. The van der Waals surface area contributed by atoms with E-state index in [-0.39, 0.29) is 42.8 Å². The Labute approximate surface area is 271 Å². The number of allylic oxidation sites excluding steroid dienone is 4. The number of nitrogens with zero attached hydrogens (tertiary/aromatic N) is 4. The van der Waals surface area contributed by atoms with Gasteiger partial charge in [0.25, 0.3) is 0 Å². The van der Waals surface area contributed by atoms with E-state index < -0.39 is 38.0 Å². The van der Waals surface area contributed by atoms with Crippen LogP contribution in [0.4, 0.5) is 11.8 Å². The number of phosphoric acid groups is 1. The van der Waals surface area contributed by atoms with Crippen LogP contribution in [0.5, 0.6) is 0 Å². The molecular formula is C31H51N6O8P. The lowest BCUT2D eigenvalue weighted by atomic mass is 9.96. The van der Waals surface area contributed by atoms with Gasteiger partial charge in [0.1, 0.15) is 29.4 Å². The maximum Gasteiger partial charge on any atom is 0.475 e. The maximum absolute atomic E-state index is 13.0. The van der Waals surface area contributed by atoms with Gasteiger partial charge in [-0.25, -0.2) is 9.55 Å². The summed E-state index contributed by atoms with van der Waals surface area (Å²) in [5, 5.41) is 21.9. The van der Waals surface area contributed by atoms with Gasteiger partial charge in [0.15, 0.2) is 17.7 Å². The lowest BCUT2D eigenvalue weighted by molar-refractivity contribution is -0.0949. The van der Waals surface area contributed by atoms with Crippen LogP contribution in [0.25, 0.3) is 11.2 Å². The zero-order chi connectivity index (χ0) is 33.0. The molecule has 258 valence electrons. The van der Waals surface area contributed by atoms with Crippen LogP contribution in [-0.2, 0) is 27.6 Å². The molecule has 4 rings (SSSR count).